The molecule has 2 fully saturated rings. The highest BCUT2D eigenvalue weighted by molar-refractivity contribution is 8.00. The quantitative estimate of drug-likeness (QED) is 0.751. The van der Waals surface area contributed by atoms with Crippen LogP contribution in [0.25, 0.3) is 0 Å². The lowest BCUT2D eigenvalue weighted by atomic mass is 10.0. The molecule has 1 unspecified atom stereocenters. The van der Waals surface area contributed by atoms with Crippen LogP contribution in [-0.4, -0.2) is 47.6 Å². The van der Waals surface area contributed by atoms with Gasteiger partial charge in [0.15, 0.2) is 0 Å². The lowest BCUT2D eigenvalue weighted by Crippen LogP contribution is -2.57. The zero-order chi connectivity index (χ0) is 10.0. The van der Waals surface area contributed by atoms with Crippen molar-refractivity contribution in [2.75, 3.05) is 31.9 Å². The fourth-order valence-corrected chi connectivity index (χ4v) is 3.79. The van der Waals surface area contributed by atoms with Gasteiger partial charge in [-0.3, -0.25) is 4.90 Å². The average Bonchev–Trinajstić information content (AvgIpc) is 2.54. The maximum Gasteiger partial charge on any atom is 0.0252 e. The third-order valence-electron chi connectivity index (χ3n) is 3.14. The summed E-state index contributed by atoms with van der Waals surface area (Å²) in [5.74, 6) is 1.39. The van der Waals surface area contributed by atoms with E-state index in [0.717, 1.165) is 11.8 Å². The second-order valence-electron chi connectivity index (χ2n) is 5.18. The number of nitrogens with one attached hydrogen (secondary N) is 1. The summed E-state index contributed by atoms with van der Waals surface area (Å²) >= 11 is 2.17. The molecule has 0 saturated carbocycles. The predicted molar refractivity (Wildman–Crippen MR) is 64.0 cm³/mol. The van der Waals surface area contributed by atoms with E-state index in [1.807, 2.05) is 0 Å². The monoisotopic (exact) mass is 214 g/mol. The van der Waals surface area contributed by atoms with Crippen LogP contribution >= 0.6 is 11.8 Å². The molecule has 2 saturated heterocycles. The summed E-state index contributed by atoms with van der Waals surface area (Å²) in [5, 5.41) is 4.49. The molecule has 2 rings (SSSR count). The Morgan fingerprint density at radius 2 is 2.36 bits per heavy atom. The van der Waals surface area contributed by atoms with Crippen LogP contribution in [-0.2, 0) is 0 Å². The molecule has 2 nitrogen and oxygen atoms in total. The Morgan fingerprint density at radius 3 is 3.00 bits per heavy atom. The van der Waals surface area contributed by atoms with Crippen molar-refractivity contribution in [1.29, 1.82) is 0 Å². The lowest BCUT2D eigenvalue weighted by molar-refractivity contribution is 0.155. The molecule has 2 heterocycles. The summed E-state index contributed by atoms with van der Waals surface area (Å²) in [7, 11) is 0. The molecule has 0 radical (unpaired) electrons. The fourth-order valence-electron chi connectivity index (χ4n) is 2.48. The molecule has 0 aromatic rings. The van der Waals surface area contributed by atoms with E-state index in [2.05, 4.69) is 35.8 Å². The van der Waals surface area contributed by atoms with Crippen molar-refractivity contribution in [3.8, 4) is 0 Å². The first-order valence-corrected chi connectivity index (χ1v) is 6.80. The largest absolute Gasteiger partial charge is 0.309 e. The van der Waals surface area contributed by atoms with Crippen LogP contribution in [0.5, 0.6) is 0 Å². The van der Waals surface area contributed by atoms with Crippen molar-refractivity contribution in [1.82, 2.24) is 10.2 Å². The minimum atomic E-state index is 0.321. The van der Waals surface area contributed by atoms with Crippen molar-refractivity contribution in [3.63, 3.8) is 0 Å². The average molecular weight is 214 g/mol. The van der Waals surface area contributed by atoms with Gasteiger partial charge in [0, 0.05) is 37.0 Å². The summed E-state index contributed by atoms with van der Waals surface area (Å²) in [6, 6.07) is 0. The molecule has 0 spiro atoms. The zero-order valence-electron chi connectivity index (χ0n) is 9.38. The maximum atomic E-state index is 3.56. The van der Waals surface area contributed by atoms with E-state index in [9.17, 15) is 0 Å². The van der Waals surface area contributed by atoms with Crippen LogP contribution in [0.15, 0.2) is 0 Å². The lowest BCUT2D eigenvalue weighted by Gasteiger charge is -2.40. The van der Waals surface area contributed by atoms with Gasteiger partial charge in [0.25, 0.3) is 0 Å². The summed E-state index contributed by atoms with van der Waals surface area (Å²) in [6.07, 6.45) is 2.87. The molecule has 0 aromatic heterocycles. The van der Waals surface area contributed by atoms with Crippen molar-refractivity contribution in [2.45, 2.75) is 37.5 Å². The smallest absolute Gasteiger partial charge is 0.0252 e. The summed E-state index contributed by atoms with van der Waals surface area (Å²) in [6.45, 7) is 9.53. The minimum Gasteiger partial charge on any atom is -0.309 e. The van der Waals surface area contributed by atoms with E-state index >= 15 is 0 Å². The van der Waals surface area contributed by atoms with E-state index in [-0.39, 0.29) is 0 Å². The highest BCUT2D eigenvalue weighted by Gasteiger charge is 2.27. The van der Waals surface area contributed by atoms with Crippen LogP contribution in [0.1, 0.15) is 26.7 Å². The molecular formula is C11H22N2S. The van der Waals surface area contributed by atoms with Gasteiger partial charge in [-0.1, -0.05) is 0 Å². The van der Waals surface area contributed by atoms with Gasteiger partial charge >= 0.3 is 0 Å². The molecule has 0 amide bonds. The molecule has 82 valence electrons. The fraction of sp³-hybridized carbons (Fsp3) is 1.00. The SMILES string of the molecule is CC1(C)CN(CC2CCCS2)CCN1. The van der Waals surface area contributed by atoms with Crippen molar-refractivity contribution in [3.05, 3.63) is 0 Å². The number of rotatable bonds is 2. The number of hydrogen-bond donors (Lipinski definition) is 1. The number of piperazine rings is 1. The van der Waals surface area contributed by atoms with E-state index in [1.54, 1.807) is 0 Å². The zero-order valence-corrected chi connectivity index (χ0v) is 10.2. The van der Waals surface area contributed by atoms with Crippen LogP contribution in [0.2, 0.25) is 0 Å². The molecule has 14 heavy (non-hydrogen) atoms. The predicted octanol–water partition coefficient (Wildman–Crippen LogP) is 1.57. The van der Waals surface area contributed by atoms with E-state index < -0.39 is 0 Å². The summed E-state index contributed by atoms with van der Waals surface area (Å²) in [5.41, 5.74) is 0.321. The summed E-state index contributed by atoms with van der Waals surface area (Å²) in [4.78, 5) is 2.64. The minimum absolute atomic E-state index is 0.321. The molecule has 0 aromatic carbocycles. The van der Waals surface area contributed by atoms with Gasteiger partial charge in [0.2, 0.25) is 0 Å². The molecule has 2 aliphatic rings. The molecule has 1 atom stereocenters. The number of hydrogen-bond acceptors (Lipinski definition) is 3. The van der Waals surface area contributed by atoms with Crippen molar-refractivity contribution >= 4 is 11.8 Å². The molecule has 2 aliphatic heterocycles. The Morgan fingerprint density at radius 1 is 1.50 bits per heavy atom. The molecular weight excluding hydrogens is 192 g/mol. The standard InChI is InChI=1S/C11H22N2S/c1-11(2)9-13(6-5-12-11)8-10-4-3-7-14-10/h10,12H,3-9H2,1-2H3. The van der Waals surface area contributed by atoms with Gasteiger partial charge in [0.05, 0.1) is 0 Å². The first kappa shape index (κ1) is 10.8. The summed E-state index contributed by atoms with van der Waals surface area (Å²) < 4.78 is 0. The second kappa shape index (κ2) is 4.42. The molecule has 0 aliphatic carbocycles. The van der Waals surface area contributed by atoms with Gasteiger partial charge in [0.1, 0.15) is 0 Å². The second-order valence-corrected chi connectivity index (χ2v) is 6.59. The highest BCUT2D eigenvalue weighted by atomic mass is 32.2. The van der Waals surface area contributed by atoms with E-state index in [4.69, 9.17) is 0 Å². The Kier molecular flexibility index (Phi) is 3.40. The van der Waals surface area contributed by atoms with E-state index in [0.29, 0.717) is 5.54 Å². The topological polar surface area (TPSA) is 15.3 Å². The number of nitrogens with zero attached hydrogens (tertiary/aromatic N) is 1. The van der Waals surface area contributed by atoms with Gasteiger partial charge in [-0.2, -0.15) is 11.8 Å². The van der Waals surface area contributed by atoms with Gasteiger partial charge in [-0.05, 0) is 32.4 Å². The first-order valence-electron chi connectivity index (χ1n) is 5.75. The first-order chi connectivity index (χ1) is 6.66. The van der Waals surface area contributed by atoms with Gasteiger partial charge in [-0.25, -0.2) is 0 Å². The van der Waals surface area contributed by atoms with Crippen molar-refractivity contribution in [2.24, 2.45) is 0 Å². The third kappa shape index (κ3) is 2.88. The van der Waals surface area contributed by atoms with Crippen LogP contribution in [0.4, 0.5) is 0 Å². The Balaban J connectivity index is 1.79. The maximum absolute atomic E-state index is 3.56. The van der Waals surface area contributed by atoms with E-state index in [1.165, 1.54) is 38.2 Å². The third-order valence-corrected chi connectivity index (χ3v) is 4.52. The Hall–Kier alpha value is 0.270. The molecule has 3 heteroatoms. The van der Waals surface area contributed by atoms with Crippen LogP contribution < -0.4 is 5.32 Å². The van der Waals surface area contributed by atoms with Crippen LogP contribution in [0, 0.1) is 0 Å². The number of thioether (sulfide) groups is 1. The van der Waals surface area contributed by atoms with Crippen molar-refractivity contribution < 1.29 is 0 Å². The Bertz CT molecular complexity index is 188. The van der Waals surface area contributed by atoms with Gasteiger partial charge in [-0.15, -0.1) is 0 Å². The highest BCUT2D eigenvalue weighted by Crippen LogP contribution is 2.27. The molecule has 0 bridgehead atoms. The van der Waals surface area contributed by atoms with Gasteiger partial charge < -0.3 is 5.32 Å². The normalized spacial score (nSPS) is 33.4. The molecule has 1 N–H and O–H groups in total. The van der Waals surface area contributed by atoms with Crippen LogP contribution in [0.3, 0.4) is 0 Å². The Labute approximate surface area is 91.8 Å².